The van der Waals surface area contributed by atoms with Crippen LogP contribution in [0.4, 0.5) is 0 Å². The third kappa shape index (κ3) is 39.2. The number of amides is 7. The molecule has 1 aliphatic rings. The van der Waals surface area contributed by atoms with Gasteiger partial charge in [-0.25, -0.2) is 4.98 Å². The van der Waals surface area contributed by atoms with E-state index >= 15 is 24.0 Å². The molecule has 32 heteroatoms. The first-order valence-corrected chi connectivity index (χ1v) is 47.9. The molecule has 5 aromatic rings. The highest BCUT2D eigenvalue weighted by molar-refractivity contribution is 8.76. The second-order valence-corrected chi connectivity index (χ2v) is 35.5. The molecular weight excluding hydrogens is 1630 g/mol. The molecule has 9 unspecified atom stereocenters. The van der Waals surface area contributed by atoms with Crippen LogP contribution in [-0.2, 0) is 75.1 Å². The number of hydrogen-bond donors (Lipinski definition) is 12. The number of ether oxygens (including phenoxy) is 1. The molecule has 9 atom stereocenters. The molecule has 1 saturated heterocycles. The lowest BCUT2D eigenvalue weighted by Gasteiger charge is -2.35. The highest BCUT2D eigenvalue weighted by Crippen LogP contribution is 2.34. The van der Waals surface area contributed by atoms with E-state index in [1.54, 1.807) is 9.80 Å². The Morgan fingerprint density at radius 1 is 0.616 bits per heavy atom. The number of imidazole rings is 1. The van der Waals surface area contributed by atoms with E-state index in [0.29, 0.717) is 68.4 Å². The summed E-state index contributed by atoms with van der Waals surface area (Å²) in [6.45, 7) is 7.04. The number of aromatic nitrogens is 3. The number of H-pyrrole nitrogens is 2. The van der Waals surface area contributed by atoms with Gasteiger partial charge in [0, 0.05) is 149 Å². The minimum absolute atomic E-state index is 0.00294. The molecular formula is C93H140N16O14S2. The van der Waals surface area contributed by atoms with E-state index in [2.05, 4.69) is 58.4 Å². The number of nitrogens with two attached hydrogens (primary N) is 4. The van der Waals surface area contributed by atoms with Gasteiger partial charge in [-0.1, -0.05) is 204 Å². The Labute approximate surface area is 745 Å². The molecule has 0 bridgehead atoms. The summed E-state index contributed by atoms with van der Waals surface area (Å²) in [5, 5.41) is 26.4. The summed E-state index contributed by atoms with van der Waals surface area (Å²) in [5.41, 5.74) is 26.4. The monoisotopic (exact) mass is 1770 g/mol. The Kier molecular flexibility index (Phi) is 49.7. The van der Waals surface area contributed by atoms with Crippen LogP contribution in [0.15, 0.2) is 114 Å². The van der Waals surface area contributed by atoms with Gasteiger partial charge >= 0.3 is 0 Å². The van der Waals surface area contributed by atoms with Crippen molar-refractivity contribution in [3.63, 3.8) is 0 Å². The number of benzene rings is 3. The van der Waals surface area contributed by atoms with Crippen LogP contribution in [0.1, 0.15) is 255 Å². The molecule has 7 amide bonds. The van der Waals surface area contributed by atoms with Crippen molar-refractivity contribution in [2.24, 2.45) is 50.7 Å². The number of aliphatic imine (C=N–C) groups is 2. The number of nitrogens with zero attached hydrogens (tertiary/aromatic N) is 5. The van der Waals surface area contributed by atoms with Crippen LogP contribution >= 0.6 is 21.6 Å². The van der Waals surface area contributed by atoms with Crippen molar-refractivity contribution in [3.05, 3.63) is 126 Å². The van der Waals surface area contributed by atoms with Crippen LogP contribution in [0, 0.1) is 17.8 Å². The van der Waals surface area contributed by atoms with Gasteiger partial charge in [0.2, 0.25) is 41.4 Å². The average molecular weight is 1770 g/mol. The lowest BCUT2D eigenvalue weighted by Crippen LogP contribution is -2.55. The van der Waals surface area contributed by atoms with Crippen molar-refractivity contribution >= 4 is 115 Å². The van der Waals surface area contributed by atoms with Gasteiger partial charge in [0.15, 0.2) is 29.3 Å². The Bertz CT molecular complexity index is 4110. The number of Topliss-reactive ketones (excluding diaryl/α,β-unsaturated/α-hetero) is 4. The van der Waals surface area contributed by atoms with Gasteiger partial charge in [-0.15, -0.1) is 0 Å². The summed E-state index contributed by atoms with van der Waals surface area (Å²) in [5.74, 6) is -9.47. The minimum atomic E-state index is -1.44. The number of carbonyl (C=O) groups is 12. The Hall–Kier alpha value is -9.95. The summed E-state index contributed by atoms with van der Waals surface area (Å²) < 4.78 is 4.71. The molecule has 6 rings (SSSR count). The van der Waals surface area contributed by atoms with Crippen LogP contribution in [0.3, 0.4) is 0 Å². The lowest BCUT2D eigenvalue weighted by molar-refractivity contribution is -0.140. The zero-order valence-electron chi connectivity index (χ0n) is 74.0. The number of hydrogen-bond acceptors (Lipinski definition) is 19. The molecule has 0 aliphatic carbocycles. The molecule has 3 aromatic carbocycles. The predicted molar refractivity (Wildman–Crippen MR) is 492 cm³/mol. The van der Waals surface area contributed by atoms with Gasteiger partial charge in [0.05, 0.1) is 43.6 Å². The summed E-state index contributed by atoms with van der Waals surface area (Å²) in [6.07, 6.45) is 25.6. The fourth-order valence-electron chi connectivity index (χ4n) is 16.2. The summed E-state index contributed by atoms with van der Waals surface area (Å²) in [4.78, 5) is 192. The van der Waals surface area contributed by atoms with E-state index in [4.69, 9.17) is 27.7 Å². The molecule has 16 N–H and O–H groups in total. The number of aliphatic hydroxyl groups excluding tert-OH is 1. The summed E-state index contributed by atoms with van der Waals surface area (Å²) >= 11 is 0. The third-order valence-corrected chi connectivity index (χ3v) is 24.9. The zero-order valence-corrected chi connectivity index (χ0v) is 75.6. The number of ketones is 4. The molecule has 688 valence electrons. The number of guanidine groups is 2. The number of unbranched alkanes of at least 4 members (excludes halogenated alkanes) is 16. The molecule has 2 aromatic heterocycles. The maximum Gasteiger partial charge on any atom is 0.293 e. The van der Waals surface area contributed by atoms with Crippen LogP contribution in [0.25, 0.3) is 10.9 Å². The second-order valence-electron chi connectivity index (χ2n) is 32.9. The van der Waals surface area contributed by atoms with Gasteiger partial charge in [-0.3, -0.25) is 67.5 Å². The van der Waals surface area contributed by atoms with Gasteiger partial charge in [-0.2, -0.15) is 0 Å². The number of nitrogens with one attached hydrogen (secondary N) is 7. The first-order valence-electron chi connectivity index (χ1n) is 45.2. The quantitative estimate of drug-likeness (QED) is 0.00566. The van der Waals surface area contributed by atoms with E-state index in [-0.39, 0.29) is 164 Å². The first-order chi connectivity index (χ1) is 60.4. The van der Waals surface area contributed by atoms with Crippen molar-refractivity contribution in [2.75, 3.05) is 57.9 Å². The van der Waals surface area contributed by atoms with E-state index < -0.39 is 108 Å². The smallest absolute Gasteiger partial charge is 0.293 e. The van der Waals surface area contributed by atoms with E-state index in [1.807, 2.05) is 104 Å². The van der Waals surface area contributed by atoms with E-state index in [1.165, 1.54) is 112 Å². The predicted octanol–water partition coefficient (Wildman–Crippen LogP) is 10.4. The van der Waals surface area contributed by atoms with Gasteiger partial charge in [-0.05, 0) is 107 Å². The standard InChI is InChI=1S/C93H140N16O14S2/c1-5-7-8-9-10-11-12-13-14-15-16-17-20-31-48-99-83(117)61-108(6-2)84(118)47-28-19-18-27-45-79(113)77(55-71-59-102-76-44-30-29-43-75(71)76)104-89(120)69(41-33-50-101-93(96)97)56-80(114)78(62-125-124-4)105-88(119)68(40-32-49-100-92(94)95)54-74(112)58-73-42-34-51-109(73)91(122)87(85(66-36-23-21-24-37-66)67-38-25-22-26-39-67)107-90(121)70(53-72-60-98-63-103-72)57-81(115)86(65(3)111)106-82(116)46-35-52-123-64-110/h21-26,29-30,36-39,43-44,59-60,63-65,68-70,73,77-78,85-87,102,111H,5-20,27-28,31-35,40-42,45-58,61-62H2,1-4H3,(H,98,103)(H,99,117)(H,104,120)(H,105,119)(H,106,116)(H,107,121)(H4,94,95,100)(H4,96,97,101). The third-order valence-electron chi connectivity index (χ3n) is 23.1. The minimum Gasteiger partial charge on any atom is -0.468 e. The van der Waals surface area contributed by atoms with Crippen molar-refractivity contribution < 1.29 is 67.4 Å². The molecule has 0 spiro atoms. The maximum absolute atomic E-state index is 15.9. The van der Waals surface area contributed by atoms with Crippen molar-refractivity contribution in [1.82, 2.24) is 51.3 Å². The zero-order chi connectivity index (χ0) is 90.5. The van der Waals surface area contributed by atoms with Crippen LogP contribution < -0.4 is 49.5 Å². The number of fused-ring (bicyclic) bond motifs is 1. The lowest BCUT2D eigenvalue weighted by atomic mass is 9.83. The fraction of sp³-hybridized carbons (Fsp3) is 0.602. The van der Waals surface area contributed by atoms with Crippen molar-refractivity contribution in [3.8, 4) is 0 Å². The number of carbonyl (C=O) groups excluding carboxylic acids is 12. The first kappa shape index (κ1) is 104. The highest BCUT2D eigenvalue weighted by atomic mass is 33.1. The molecule has 125 heavy (non-hydrogen) atoms. The largest absolute Gasteiger partial charge is 0.468 e. The van der Waals surface area contributed by atoms with Crippen LogP contribution in [0.5, 0.6) is 0 Å². The summed E-state index contributed by atoms with van der Waals surface area (Å²) in [6, 6.07) is 20.1. The topological polar surface area (TPSA) is 474 Å². The molecule has 0 saturated carbocycles. The molecule has 1 fully saturated rings. The Morgan fingerprint density at radius 2 is 1.18 bits per heavy atom. The van der Waals surface area contributed by atoms with Gasteiger partial charge < -0.3 is 79.1 Å². The van der Waals surface area contributed by atoms with E-state index in [0.717, 1.165) is 35.7 Å². The molecule has 3 heterocycles. The average Bonchev–Trinajstić information content (AvgIpc) is 1.72. The Morgan fingerprint density at radius 3 is 1.77 bits per heavy atom. The number of rotatable bonds is 68. The highest BCUT2D eigenvalue weighted by Gasteiger charge is 2.43. The second kappa shape index (κ2) is 59.9. The number of aliphatic hydroxyl groups is 1. The molecule has 1 aliphatic heterocycles. The normalized spacial score (nSPS) is 14.4. The fourth-order valence-corrected chi connectivity index (χ4v) is 17.6. The SMILES string of the molecule is CCCCCCCCCCCCCCCCNC(=O)CN(CC)C(=O)CCCCCCC(=O)C(Cc1c[nH]c2ccccc12)NC(=O)C(CCCN=C(N)N)CC(=O)C(CSSC)NC(=O)C(CCCN=C(N)N)CC(=O)CC1CCCN1C(=O)C(NC(=O)C(CC(=O)C(NC(=O)CCCOC=O)C(C)O)Cc1cnc[nH]1)C(c1ccccc1)c1ccccc1. The number of para-hydroxylation sites is 1. The molecule has 30 nitrogen and oxygen atoms in total. The maximum atomic E-state index is 15.9. The van der Waals surface area contributed by atoms with E-state index in [9.17, 15) is 38.7 Å². The van der Waals surface area contributed by atoms with Crippen LogP contribution in [-0.4, -0.2) is 207 Å². The molecule has 0 radical (unpaired) electrons. The number of likely N-dealkylation sites (tertiary alicyclic amines) is 1. The summed E-state index contributed by atoms with van der Waals surface area (Å²) in [7, 11) is 2.66. The van der Waals surface area contributed by atoms with Crippen LogP contribution in [0.2, 0.25) is 0 Å². The number of aromatic amines is 2. The Balaban J connectivity index is 1.15. The van der Waals surface area contributed by atoms with Gasteiger partial charge in [0.25, 0.3) is 6.47 Å². The van der Waals surface area contributed by atoms with Crippen molar-refractivity contribution in [2.45, 2.75) is 281 Å². The van der Waals surface area contributed by atoms with Gasteiger partial charge in [0.1, 0.15) is 17.9 Å². The number of likely N-dealkylation sites (N-methyl/N-ethyl adjacent to an activating group) is 1. The van der Waals surface area contributed by atoms with Crippen molar-refractivity contribution in [1.29, 1.82) is 0 Å².